The predicted octanol–water partition coefficient (Wildman–Crippen LogP) is 1.77. The van der Waals surface area contributed by atoms with Gasteiger partial charge in [0.2, 0.25) is 10.0 Å². The molecule has 30 heavy (non-hydrogen) atoms. The highest BCUT2D eigenvalue weighted by atomic mass is 32.2. The zero-order valence-electron chi connectivity index (χ0n) is 15.8. The lowest BCUT2D eigenvalue weighted by atomic mass is 10.3. The maximum absolute atomic E-state index is 12.7. The first-order valence-corrected chi connectivity index (χ1v) is 11.5. The standard InChI is InChI=1S/C18H19N7O3S2.2H2/c19-17-16(18(26)22-14-3-1-2-5-20-14)23-15(11-21-17)24-6-8-25(9-7-24)30(27,28)13-4-10-29-12-13;;/h1-5,10-12H,6-9H2,(H2,19,21)(H,20,22,26);2*1H. The van der Waals surface area contributed by atoms with Gasteiger partial charge in [-0.15, -0.1) is 0 Å². The Morgan fingerprint density at radius 1 is 1.17 bits per heavy atom. The van der Waals surface area contributed by atoms with Crippen molar-refractivity contribution in [3.63, 3.8) is 0 Å². The Morgan fingerprint density at radius 3 is 2.63 bits per heavy atom. The van der Waals surface area contributed by atoms with Gasteiger partial charge in [0.15, 0.2) is 11.5 Å². The van der Waals surface area contributed by atoms with Crippen molar-refractivity contribution in [1.82, 2.24) is 19.3 Å². The summed E-state index contributed by atoms with van der Waals surface area (Å²) in [5.41, 5.74) is 5.84. The number of anilines is 3. The van der Waals surface area contributed by atoms with E-state index in [-0.39, 0.29) is 14.4 Å². The molecule has 3 aromatic rings. The molecular weight excluding hydrogens is 426 g/mol. The number of hydrogen-bond donors (Lipinski definition) is 2. The molecule has 0 aliphatic carbocycles. The molecule has 0 aromatic carbocycles. The van der Waals surface area contributed by atoms with E-state index in [0.717, 1.165) is 0 Å². The van der Waals surface area contributed by atoms with Crippen LogP contribution in [0.3, 0.4) is 0 Å². The number of carbonyl (C=O) groups is 1. The quantitative estimate of drug-likeness (QED) is 0.602. The fourth-order valence-electron chi connectivity index (χ4n) is 3.03. The first-order valence-electron chi connectivity index (χ1n) is 9.07. The van der Waals surface area contributed by atoms with E-state index in [2.05, 4.69) is 20.3 Å². The molecule has 0 radical (unpaired) electrons. The summed E-state index contributed by atoms with van der Waals surface area (Å²) >= 11 is 1.35. The molecule has 0 spiro atoms. The largest absolute Gasteiger partial charge is 0.382 e. The molecule has 0 unspecified atom stereocenters. The Morgan fingerprint density at radius 2 is 1.97 bits per heavy atom. The van der Waals surface area contributed by atoms with Gasteiger partial charge in [0, 0.05) is 40.6 Å². The van der Waals surface area contributed by atoms with Crippen LogP contribution in [0.25, 0.3) is 0 Å². The van der Waals surface area contributed by atoms with Crippen molar-refractivity contribution in [3.05, 3.63) is 53.1 Å². The summed E-state index contributed by atoms with van der Waals surface area (Å²) in [5, 5.41) is 6.00. The average Bonchev–Trinajstić information content (AvgIpc) is 3.31. The lowest BCUT2D eigenvalue weighted by Gasteiger charge is -2.34. The van der Waals surface area contributed by atoms with Gasteiger partial charge in [0.25, 0.3) is 5.91 Å². The van der Waals surface area contributed by atoms with Crippen LogP contribution in [0, 0.1) is 0 Å². The molecule has 160 valence electrons. The lowest BCUT2D eigenvalue weighted by Crippen LogP contribution is -2.49. The highest BCUT2D eigenvalue weighted by molar-refractivity contribution is 7.89. The lowest BCUT2D eigenvalue weighted by molar-refractivity contribution is 0.102. The number of nitrogens with two attached hydrogens (primary N) is 1. The summed E-state index contributed by atoms with van der Waals surface area (Å²) in [4.78, 5) is 27.2. The normalized spacial score (nSPS) is 15.1. The molecule has 1 saturated heterocycles. The van der Waals surface area contributed by atoms with E-state index in [1.165, 1.54) is 21.8 Å². The fourth-order valence-corrected chi connectivity index (χ4v) is 5.46. The number of rotatable bonds is 5. The second-order valence-electron chi connectivity index (χ2n) is 6.48. The van der Waals surface area contributed by atoms with Crippen LogP contribution < -0.4 is 16.0 Å². The monoisotopic (exact) mass is 449 g/mol. The summed E-state index contributed by atoms with van der Waals surface area (Å²) in [6, 6.07) is 6.74. The molecule has 4 heterocycles. The fraction of sp³-hybridized carbons (Fsp3) is 0.222. The second kappa shape index (κ2) is 8.34. The maximum Gasteiger partial charge on any atom is 0.279 e. The van der Waals surface area contributed by atoms with E-state index in [1.807, 2.05) is 4.90 Å². The number of nitrogens with one attached hydrogen (secondary N) is 1. The molecule has 1 aliphatic rings. The minimum atomic E-state index is -3.50. The Labute approximate surface area is 180 Å². The van der Waals surface area contributed by atoms with Gasteiger partial charge < -0.3 is 16.0 Å². The van der Waals surface area contributed by atoms with Gasteiger partial charge in [-0.1, -0.05) is 6.07 Å². The van der Waals surface area contributed by atoms with Crippen LogP contribution in [0.15, 0.2) is 52.3 Å². The molecule has 4 rings (SSSR count). The Hall–Kier alpha value is -3.09. The van der Waals surface area contributed by atoms with Crippen LogP contribution in [0.4, 0.5) is 17.5 Å². The number of nitrogens with zero attached hydrogens (tertiary/aromatic N) is 5. The highest BCUT2D eigenvalue weighted by Crippen LogP contribution is 2.22. The Kier molecular flexibility index (Phi) is 5.61. The van der Waals surface area contributed by atoms with Gasteiger partial charge in [-0.3, -0.25) is 4.79 Å². The molecular formula is C18H23N7O3S2. The predicted molar refractivity (Wildman–Crippen MR) is 118 cm³/mol. The molecule has 0 saturated carbocycles. The number of sulfonamides is 1. The van der Waals surface area contributed by atoms with Crippen LogP contribution in [0.2, 0.25) is 0 Å². The number of thiophene rings is 1. The highest BCUT2D eigenvalue weighted by Gasteiger charge is 2.29. The van der Waals surface area contributed by atoms with Crippen molar-refractivity contribution in [2.75, 3.05) is 42.1 Å². The molecule has 3 N–H and O–H groups in total. The van der Waals surface area contributed by atoms with Gasteiger partial charge in [-0.25, -0.2) is 23.4 Å². The summed E-state index contributed by atoms with van der Waals surface area (Å²) in [6.07, 6.45) is 3.04. The van der Waals surface area contributed by atoms with Crippen molar-refractivity contribution >= 4 is 44.7 Å². The Bertz CT molecular complexity index is 1140. The van der Waals surface area contributed by atoms with E-state index in [9.17, 15) is 13.2 Å². The molecule has 0 atom stereocenters. The van der Waals surface area contributed by atoms with Crippen LogP contribution >= 0.6 is 11.3 Å². The zero-order valence-corrected chi connectivity index (χ0v) is 17.4. The number of nitrogen functional groups attached to an aromatic ring is 1. The SMILES string of the molecule is Nc1ncc(N2CCN(S(=O)(=O)c3ccsc3)CC2)nc1C(=O)Nc1ccccn1.[HH].[HH]. The number of carbonyl (C=O) groups excluding carboxylic acids is 1. The zero-order chi connectivity index (χ0) is 21.1. The molecule has 3 aromatic heterocycles. The number of amides is 1. The van der Waals surface area contributed by atoms with Gasteiger partial charge in [0.1, 0.15) is 11.6 Å². The van der Waals surface area contributed by atoms with Crippen molar-refractivity contribution < 1.29 is 16.1 Å². The first-order chi connectivity index (χ1) is 14.4. The van der Waals surface area contributed by atoms with E-state index in [4.69, 9.17) is 5.73 Å². The van der Waals surface area contributed by atoms with Gasteiger partial charge >= 0.3 is 0 Å². The van der Waals surface area contributed by atoms with Gasteiger partial charge in [-0.05, 0) is 23.6 Å². The van der Waals surface area contributed by atoms with Crippen LogP contribution in [-0.2, 0) is 10.0 Å². The van der Waals surface area contributed by atoms with E-state index in [0.29, 0.717) is 42.7 Å². The van der Waals surface area contributed by atoms with E-state index < -0.39 is 15.9 Å². The molecule has 0 bridgehead atoms. The van der Waals surface area contributed by atoms with Crippen LogP contribution in [0.1, 0.15) is 13.3 Å². The molecule has 1 aliphatic heterocycles. The van der Waals surface area contributed by atoms with Gasteiger partial charge in [-0.2, -0.15) is 15.6 Å². The summed E-state index contributed by atoms with van der Waals surface area (Å²) < 4.78 is 26.8. The minimum Gasteiger partial charge on any atom is -0.382 e. The number of aromatic nitrogens is 3. The molecule has 10 nitrogen and oxygen atoms in total. The van der Waals surface area contributed by atoms with Crippen molar-refractivity contribution in [3.8, 4) is 0 Å². The number of pyridine rings is 1. The topological polar surface area (TPSA) is 134 Å². The van der Waals surface area contributed by atoms with Crippen LogP contribution in [0.5, 0.6) is 0 Å². The number of hydrogen-bond acceptors (Lipinski definition) is 9. The summed E-state index contributed by atoms with van der Waals surface area (Å²) in [5.74, 6) is 0.328. The van der Waals surface area contributed by atoms with Crippen molar-refractivity contribution in [2.24, 2.45) is 0 Å². The molecule has 1 fully saturated rings. The number of piperazine rings is 1. The summed E-state index contributed by atoms with van der Waals surface area (Å²) in [6.45, 7) is 1.45. The van der Waals surface area contributed by atoms with Crippen LogP contribution in [-0.4, -0.2) is 59.8 Å². The minimum absolute atomic E-state index is 0. The second-order valence-corrected chi connectivity index (χ2v) is 9.20. The smallest absolute Gasteiger partial charge is 0.279 e. The van der Waals surface area contributed by atoms with E-state index in [1.54, 1.807) is 41.2 Å². The van der Waals surface area contributed by atoms with E-state index >= 15 is 0 Å². The average molecular weight is 450 g/mol. The Balaban J connectivity index is 0.00000181. The summed E-state index contributed by atoms with van der Waals surface area (Å²) in [7, 11) is -3.50. The van der Waals surface area contributed by atoms with Crippen molar-refractivity contribution in [1.29, 1.82) is 0 Å². The first kappa shape index (κ1) is 20.2. The van der Waals surface area contributed by atoms with Gasteiger partial charge in [0.05, 0.1) is 11.1 Å². The third kappa shape index (κ3) is 4.10. The molecule has 1 amide bonds. The molecule has 12 heteroatoms. The van der Waals surface area contributed by atoms with Crippen molar-refractivity contribution in [2.45, 2.75) is 4.90 Å². The third-order valence-corrected chi connectivity index (χ3v) is 7.33. The third-order valence-electron chi connectivity index (χ3n) is 4.61. The maximum atomic E-state index is 12.7.